The lowest BCUT2D eigenvalue weighted by atomic mass is 10.1. The zero-order chi connectivity index (χ0) is 15.9. The van der Waals surface area contributed by atoms with Gasteiger partial charge < -0.3 is 10.6 Å². The van der Waals surface area contributed by atoms with Crippen LogP contribution in [0, 0.1) is 0 Å². The fourth-order valence-electron chi connectivity index (χ4n) is 1.74. The van der Waals surface area contributed by atoms with E-state index in [1.807, 2.05) is 38.1 Å². The van der Waals surface area contributed by atoms with E-state index in [2.05, 4.69) is 36.8 Å². The molecule has 5 nitrogen and oxygen atoms in total. The molecule has 0 spiro atoms. The molecule has 22 heavy (non-hydrogen) atoms. The van der Waals surface area contributed by atoms with Crippen LogP contribution in [-0.4, -0.2) is 28.4 Å². The number of thioether (sulfide) groups is 1. The van der Waals surface area contributed by atoms with Gasteiger partial charge in [-0.2, -0.15) is 0 Å². The quantitative estimate of drug-likeness (QED) is 0.693. The van der Waals surface area contributed by atoms with E-state index in [9.17, 15) is 4.79 Å². The molecule has 1 heterocycles. The average Bonchev–Trinajstić information content (AvgIpc) is 2.94. The molecular formula is C14H17BrN4OS2. The van der Waals surface area contributed by atoms with Gasteiger partial charge in [-0.1, -0.05) is 51.2 Å². The Kier molecular flexibility index (Phi) is 6.66. The van der Waals surface area contributed by atoms with Crippen molar-refractivity contribution in [3.63, 3.8) is 0 Å². The predicted molar refractivity (Wildman–Crippen MR) is 95.5 cm³/mol. The van der Waals surface area contributed by atoms with Crippen molar-refractivity contribution in [1.82, 2.24) is 15.5 Å². The SMILES string of the molecule is CCNc1nnc(SCC(=O)N[C@H](C)c2ccc(Br)cc2)s1. The van der Waals surface area contributed by atoms with Crippen LogP contribution in [0.15, 0.2) is 33.1 Å². The maximum absolute atomic E-state index is 12.0. The Hall–Kier alpha value is -1.12. The summed E-state index contributed by atoms with van der Waals surface area (Å²) in [6.07, 6.45) is 0. The summed E-state index contributed by atoms with van der Waals surface area (Å²) in [5.74, 6) is 0.322. The standard InChI is InChI=1S/C14H17BrN4OS2/c1-3-16-13-18-19-14(22-13)21-8-12(20)17-9(2)10-4-6-11(15)7-5-10/h4-7,9H,3,8H2,1-2H3,(H,16,18)(H,17,20)/t9-/m1/s1. The molecule has 0 saturated carbocycles. The number of anilines is 1. The number of halogens is 1. The highest BCUT2D eigenvalue weighted by atomic mass is 79.9. The second kappa shape index (κ2) is 8.50. The van der Waals surface area contributed by atoms with E-state index >= 15 is 0 Å². The third-order valence-corrected chi connectivity index (χ3v) is 5.35. The van der Waals surface area contributed by atoms with E-state index in [-0.39, 0.29) is 11.9 Å². The van der Waals surface area contributed by atoms with Gasteiger partial charge in [0.25, 0.3) is 0 Å². The number of rotatable bonds is 7. The highest BCUT2D eigenvalue weighted by Gasteiger charge is 2.11. The lowest BCUT2D eigenvalue weighted by molar-refractivity contribution is -0.119. The van der Waals surface area contributed by atoms with Crippen molar-refractivity contribution in [2.75, 3.05) is 17.6 Å². The zero-order valence-corrected chi connectivity index (χ0v) is 15.5. The van der Waals surface area contributed by atoms with Gasteiger partial charge >= 0.3 is 0 Å². The molecule has 0 aliphatic carbocycles. The monoisotopic (exact) mass is 400 g/mol. The van der Waals surface area contributed by atoms with Crippen LogP contribution in [0.3, 0.4) is 0 Å². The van der Waals surface area contributed by atoms with Crippen molar-refractivity contribution in [2.45, 2.75) is 24.2 Å². The fourth-order valence-corrected chi connectivity index (χ4v) is 3.63. The van der Waals surface area contributed by atoms with Gasteiger partial charge in [0, 0.05) is 11.0 Å². The number of aromatic nitrogens is 2. The van der Waals surface area contributed by atoms with Gasteiger partial charge in [-0.15, -0.1) is 10.2 Å². The number of carbonyl (C=O) groups excluding carboxylic acids is 1. The molecule has 0 aliphatic heterocycles. The van der Waals surface area contributed by atoms with Gasteiger partial charge in [0.15, 0.2) is 4.34 Å². The van der Waals surface area contributed by atoms with Crippen LogP contribution < -0.4 is 10.6 Å². The molecule has 2 rings (SSSR count). The summed E-state index contributed by atoms with van der Waals surface area (Å²) >= 11 is 6.26. The maximum atomic E-state index is 12.0. The first kappa shape index (κ1) is 17.2. The van der Waals surface area contributed by atoms with Crippen LogP contribution in [0.4, 0.5) is 5.13 Å². The molecule has 2 N–H and O–H groups in total. The van der Waals surface area contributed by atoms with Crippen molar-refractivity contribution in [2.24, 2.45) is 0 Å². The molecule has 0 radical (unpaired) electrons. The topological polar surface area (TPSA) is 66.9 Å². The molecule has 1 atom stereocenters. The number of hydrogen-bond acceptors (Lipinski definition) is 6. The molecule has 2 aromatic rings. The number of hydrogen-bond donors (Lipinski definition) is 2. The lowest BCUT2D eigenvalue weighted by Gasteiger charge is -2.14. The lowest BCUT2D eigenvalue weighted by Crippen LogP contribution is -2.28. The zero-order valence-electron chi connectivity index (χ0n) is 12.3. The molecule has 0 unspecified atom stereocenters. The molecule has 0 aliphatic rings. The molecule has 118 valence electrons. The van der Waals surface area contributed by atoms with Gasteiger partial charge in [0.1, 0.15) is 0 Å². The number of amides is 1. The minimum atomic E-state index is -0.0204. The van der Waals surface area contributed by atoms with Crippen LogP contribution in [0.25, 0.3) is 0 Å². The second-order valence-corrected chi connectivity index (χ2v) is 7.65. The maximum Gasteiger partial charge on any atom is 0.230 e. The molecule has 0 bridgehead atoms. The summed E-state index contributed by atoms with van der Waals surface area (Å²) in [5, 5.41) is 14.9. The van der Waals surface area contributed by atoms with Gasteiger partial charge in [-0.3, -0.25) is 4.79 Å². The smallest absolute Gasteiger partial charge is 0.230 e. The van der Waals surface area contributed by atoms with Crippen molar-refractivity contribution in [1.29, 1.82) is 0 Å². The Bertz CT molecular complexity index is 618. The number of nitrogens with zero attached hydrogens (tertiary/aromatic N) is 2. The van der Waals surface area contributed by atoms with Crippen molar-refractivity contribution < 1.29 is 4.79 Å². The Morgan fingerprint density at radius 2 is 2.09 bits per heavy atom. The minimum Gasteiger partial charge on any atom is -0.360 e. The van der Waals surface area contributed by atoms with Crippen LogP contribution in [-0.2, 0) is 4.79 Å². The third-order valence-electron chi connectivity index (χ3n) is 2.81. The summed E-state index contributed by atoms with van der Waals surface area (Å²) in [4.78, 5) is 12.0. The highest BCUT2D eigenvalue weighted by Crippen LogP contribution is 2.25. The highest BCUT2D eigenvalue weighted by molar-refractivity contribution is 9.10. The van der Waals surface area contributed by atoms with E-state index in [1.165, 1.54) is 23.1 Å². The molecule has 1 amide bonds. The van der Waals surface area contributed by atoms with Crippen molar-refractivity contribution in [3.8, 4) is 0 Å². The number of benzene rings is 1. The average molecular weight is 401 g/mol. The fraction of sp³-hybridized carbons (Fsp3) is 0.357. The van der Waals surface area contributed by atoms with E-state index < -0.39 is 0 Å². The summed E-state index contributed by atoms with van der Waals surface area (Å²) in [6.45, 7) is 4.79. The van der Waals surface area contributed by atoms with Gasteiger partial charge in [-0.25, -0.2) is 0 Å². The summed E-state index contributed by atoms with van der Waals surface area (Å²) < 4.78 is 1.82. The first-order chi connectivity index (χ1) is 10.6. The molecule has 0 fully saturated rings. The normalized spacial score (nSPS) is 12.0. The predicted octanol–water partition coefficient (Wildman–Crippen LogP) is 3.70. The molecule has 1 aromatic carbocycles. The van der Waals surface area contributed by atoms with Gasteiger partial charge in [0.2, 0.25) is 11.0 Å². The second-order valence-electron chi connectivity index (χ2n) is 4.53. The number of nitrogens with one attached hydrogen (secondary N) is 2. The molecule has 8 heteroatoms. The van der Waals surface area contributed by atoms with Gasteiger partial charge in [0.05, 0.1) is 11.8 Å². The summed E-state index contributed by atoms with van der Waals surface area (Å²) in [6, 6.07) is 7.91. The van der Waals surface area contributed by atoms with E-state index in [1.54, 1.807) is 0 Å². The number of carbonyl (C=O) groups is 1. The van der Waals surface area contributed by atoms with E-state index in [0.29, 0.717) is 5.75 Å². The van der Waals surface area contributed by atoms with Gasteiger partial charge in [-0.05, 0) is 31.5 Å². The summed E-state index contributed by atoms with van der Waals surface area (Å²) in [5.41, 5.74) is 1.08. The Morgan fingerprint density at radius 1 is 1.36 bits per heavy atom. The van der Waals surface area contributed by atoms with Crippen LogP contribution >= 0.6 is 39.0 Å². The molecule has 1 aromatic heterocycles. The van der Waals surface area contributed by atoms with E-state index in [0.717, 1.165) is 26.1 Å². The van der Waals surface area contributed by atoms with Crippen molar-refractivity contribution >= 4 is 50.1 Å². The third kappa shape index (κ3) is 5.26. The first-order valence-corrected chi connectivity index (χ1v) is 9.43. The Morgan fingerprint density at radius 3 is 2.77 bits per heavy atom. The van der Waals surface area contributed by atoms with Crippen LogP contribution in [0.5, 0.6) is 0 Å². The molecule has 0 saturated heterocycles. The van der Waals surface area contributed by atoms with Crippen LogP contribution in [0.2, 0.25) is 0 Å². The summed E-state index contributed by atoms with van der Waals surface area (Å²) in [7, 11) is 0. The van der Waals surface area contributed by atoms with Crippen molar-refractivity contribution in [3.05, 3.63) is 34.3 Å². The minimum absolute atomic E-state index is 0.0133. The largest absolute Gasteiger partial charge is 0.360 e. The molecular weight excluding hydrogens is 384 g/mol. The Labute approximate surface area is 146 Å². The van der Waals surface area contributed by atoms with Crippen LogP contribution in [0.1, 0.15) is 25.5 Å². The Balaban J connectivity index is 1.80. The van der Waals surface area contributed by atoms with E-state index in [4.69, 9.17) is 0 Å². The first-order valence-electron chi connectivity index (χ1n) is 6.83.